The molecule has 0 saturated heterocycles. The van der Waals surface area contributed by atoms with Gasteiger partial charge < -0.3 is 10.1 Å². The summed E-state index contributed by atoms with van der Waals surface area (Å²) in [6.45, 7) is 5.74. The number of ether oxygens (including phenoxy) is 1. The maximum Gasteiger partial charge on any atom is 0.248 e. The van der Waals surface area contributed by atoms with Gasteiger partial charge in [-0.25, -0.2) is 8.42 Å². The Bertz CT molecular complexity index is 881. The first-order chi connectivity index (χ1) is 12.2. The second-order valence-electron chi connectivity index (χ2n) is 5.99. The summed E-state index contributed by atoms with van der Waals surface area (Å²) < 4.78 is 31.3. The van der Waals surface area contributed by atoms with E-state index in [1.807, 2.05) is 19.9 Å². The van der Waals surface area contributed by atoms with E-state index in [-0.39, 0.29) is 0 Å². The molecule has 0 radical (unpaired) electrons. The molecule has 0 saturated carbocycles. The highest BCUT2D eigenvalue weighted by Gasteiger charge is 2.29. The minimum atomic E-state index is -3.65. The molecule has 0 aromatic heterocycles. The molecule has 7 heteroatoms. The van der Waals surface area contributed by atoms with Crippen LogP contribution in [0.1, 0.15) is 19.4 Å². The van der Waals surface area contributed by atoms with Crippen molar-refractivity contribution in [1.29, 1.82) is 0 Å². The summed E-state index contributed by atoms with van der Waals surface area (Å²) in [4.78, 5) is 12.7. The average molecular weight is 376 g/mol. The third kappa shape index (κ3) is 4.76. The van der Waals surface area contributed by atoms with Crippen molar-refractivity contribution in [3.8, 4) is 5.75 Å². The number of para-hydroxylation sites is 2. The molecule has 0 bridgehead atoms. The molecule has 0 unspecified atom stereocenters. The molecule has 26 heavy (non-hydrogen) atoms. The normalized spacial score (nSPS) is 12.3. The van der Waals surface area contributed by atoms with Crippen molar-refractivity contribution in [1.82, 2.24) is 0 Å². The third-order valence-electron chi connectivity index (χ3n) is 3.79. The Balaban J connectivity index is 2.32. The Morgan fingerprint density at radius 1 is 1.19 bits per heavy atom. The zero-order chi connectivity index (χ0) is 19.3. The molecule has 2 aromatic carbocycles. The number of nitrogens with one attached hydrogen (secondary N) is 1. The summed E-state index contributed by atoms with van der Waals surface area (Å²) >= 11 is 0. The molecular weight excluding hydrogens is 352 g/mol. The number of hydrogen-bond donors (Lipinski definition) is 1. The van der Waals surface area contributed by atoms with Crippen molar-refractivity contribution in [2.75, 3.05) is 22.5 Å². The number of hydrogen-bond acceptors (Lipinski definition) is 4. The van der Waals surface area contributed by atoms with E-state index in [9.17, 15) is 13.2 Å². The standard InChI is InChI=1S/C19H24N2O4S/c1-5-25-18-12-7-6-11-17(18)20-19(22)15(3)21(26(4,23)24)16-10-8-9-14(2)13-16/h6-13,15H,5H2,1-4H3,(H,20,22)/t15-/m0/s1. The average Bonchev–Trinajstić information content (AvgIpc) is 2.55. The zero-order valence-electron chi connectivity index (χ0n) is 15.4. The monoisotopic (exact) mass is 376 g/mol. The van der Waals surface area contributed by atoms with Crippen molar-refractivity contribution in [3.05, 3.63) is 54.1 Å². The lowest BCUT2D eigenvalue weighted by Gasteiger charge is -2.28. The summed E-state index contributed by atoms with van der Waals surface area (Å²) in [5.41, 5.74) is 1.86. The van der Waals surface area contributed by atoms with Crippen LogP contribution in [0, 0.1) is 6.92 Å². The lowest BCUT2D eigenvalue weighted by atomic mass is 10.2. The van der Waals surface area contributed by atoms with Gasteiger partial charge in [-0.05, 0) is 50.6 Å². The van der Waals surface area contributed by atoms with Gasteiger partial charge in [-0.1, -0.05) is 24.3 Å². The summed E-state index contributed by atoms with van der Waals surface area (Å²) in [5, 5.41) is 2.76. The van der Waals surface area contributed by atoms with Crippen LogP contribution in [0.3, 0.4) is 0 Å². The van der Waals surface area contributed by atoms with Gasteiger partial charge in [0.05, 0.1) is 24.2 Å². The summed E-state index contributed by atoms with van der Waals surface area (Å²) in [6, 6.07) is 13.2. The third-order valence-corrected chi connectivity index (χ3v) is 5.03. The molecule has 0 spiro atoms. The van der Waals surface area contributed by atoms with E-state index in [1.54, 1.807) is 49.4 Å². The van der Waals surface area contributed by atoms with E-state index < -0.39 is 22.0 Å². The van der Waals surface area contributed by atoms with E-state index in [0.29, 0.717) is 23.7 Å². The molecule has 0 aliphatic rings. The Morgan fingerprint density at radius 2 is 1.88 bits per heavy atom. The molecule has 1 amide bonds. The maximum atomic E-state index is 12.7. The largest absolute Gasteiger partial charge is 0.492 e. The van der Waals surface area contributed by atoms with Crippen LogP contribution < -0.4 is 14.4 Å². The lowest BCUT2D eigenvalue weighted by Crippen LogP contribution is -2.45. The van der Waals surface area contributed by atoms with Gasteiger partial charge in [0, 0.05) is 0 Å². The van der Waals surface area contributed by atoms with Crippen LogP contribution in [0.5, 0.6) is 5.75 Å². The molecule has 0 aliphatic heterocycles. The fraction of sp³-hybridized carbons (Fsp3) is 0.316. The molecule has 0 heterocycles. The van der Waals surface area contributed by atoms with Gasteiger partial charge in [0.15, 0.2) is 0 Å². The van der Waals surface area contributed by atoms with E-state index >= 15 is 0 Å². The van der Waals surface area contributed by atoms with Crippen LogP contribution in [-0.4, -0.2) is 33.2 Å². The van der Waals surface area contributed by atoms with Crippen LogP contribution in [0.15, 0.2) is 48.5 Å². The van der Waals surface area contributed by atoms with Crippen LogP contribution in [-0.2, 0) is 14.8 Å². The SMILES string of the molecule is CCOc1ccccc1NC(=O)[C@H](C)N(c1cccc(C)c1)S(C)(=O)=O. The summed E-state index contributed by atoms with van der Waals surface area (Å²) in [7, 11) is -3.65. The predicted molar refractivity (Wildman–Crippen MR) is 104 cm³/mol. The number of amides is 1. The van der Waals surface area contributed by atoms with Gasteiger partial charge in [-0.3, -0.25) is 9.10 Å². The highest BCUT2D eigenvalue weighted by atomic mass is 32.2. The topological polar surface area (TPSA) is 75.7 Å². The van der Waals surface area contributed by atoms with E-state index in [0.717, 1.165) is 16.1 Å². The number of sulfonamides is 1. The van der Waals surface area contributed by atoms with Crippen molar-refractivity contribution in [2.45, 2.75) is 26.8 Å². The fourth-order valence-corrected chi connectivity index (χ4v) is 3.83. The first kappa shape index (κ1) is 19.8. The molecule has 6 nitrogen and oxygen atoms in total. The van der Waals surface area contributed by atoms with E-state index in [1.165, 1.54) is 0 Å². The fourth-order valence-electron chi connectivity index (χ4n) is 2.66. The minimum Gasteiger partial charge on any atom is -0.492 e. The Morgan fingerprint density at radius 3 is 2.50 bits per heavy atom. The molecule has 1 N–H and O–H groups in total. The van der Waals surface area contributed by atoms with Crippen LogP contribution in [0.4, 0.5) is 11.4 Å². The lowest BCUT2D eigenvalue weighted by molar-refractivity contribution is -0.116. The number of carbonyl (C=O) groups excluding carboxylic acids is 1. The van der Waals surface area contributed by atoms with Crippen molar-refractivity contribution >= 4 is 27.3 Å². The number of nitrogens with zero attached hydrogens (tertiary/aromatic N) is 1. The van der Waals surface area contributed by atoms with Gasteiger partial charge in [0.25, 0.3) is 0 Å². The number of aryl methyl sites for hydroxylation is 1. The molecule has 140 valence electrons. The number of benzene rings is 2. The highest BCUT2D eigenvalue weighted by molar-refractivity contribution is 7.92. The number of rotatable bonds is 7. The maximum absolute atomic E-state index is 12.7. The first-order valence-electron chi connectivity index (χ1n) is 8.32. The quantitative estimate of drug-likeness (QED) is 0.805. The highest BCUT2D eigenvalue weighted by Crippen LogP contribution is 2.26. The van der Waals surface area contributed by atoms with Crippen LogP contribution in [0.2, 0.25) is 0 Å². The molecular formula is C19H24N2O4S. The molecule has 0 aliphatic carbocycles. The van der Waals surface area contributed by atoms with Crippen molar-refractivity contribution in [2.24, 2.45) is 0 Å². The van der Waals surface area contributed by atoms with Gasteiger partial charge in [0.2, 0.25) is 15.9 Å². The van der Waals surface area contributed by atoms with E-state index in [2.05, 4.69) is 5.32 Å². The predicted octanol–water partition coefficient (Wildman–Crippen LogP) is 3.19. The van der Waals surface area contributed by atoms with Crippen molar-refractivity contribution < 1.29 is 17.9 Å². The summed E-state index contributed by atoms with van der Waals surface area (Å²) in [6.07, 6.45) is 1.09. The second kappa shape index (κ2) is 8.23. The van der Waals surface area contributed by atoms with E-state index in [4.69, 9.17) is 4.74 Å². The van der Waals surface area contributed by atoms with Crippen LogP contribution in [0.25, 0.3) is 0 Å². The smallest absolute Gasteiger partial charge is 0.248 e. The second-order valence-corrected chi connectivity index (χ2v) is 7.85. The van der Waals surface area contributed by atoms with Gasteiger partial charge in [-0.15, -0.1) is 0 Å². The van der Waals surface area contributed by atoms with Crippen LogP contribution >= 0.6 is 0 Å². The Hall–Kier alpha value is -2.54. The molecule has 2 rings (SSSR count). The molecule has 2 aromatic rings. The molecule has 1 atom stereocenters. The van der Waals surface area contributed by atoms with Gasteiger partial charge >= 0.3 is 0 Å². The zero-order valence-corrected chi connectivity index (χ0v) is 16.2. The van der Waals surface area contributed by atoms with Gasteiger partial charge in [0.1, 0.15) is 11.8 Å². The first-order valence-corrected chi connectivity index (χ1v) is 10.2. The van der Waals surface area contributed by atoms with Gasteiger partial charge in [-0.2, -0.15) is 0 Å². The minimum absolute atomic E-state index is 0.441. The number of anilines is 2. The molecule has 0 fully saturated rings. The Kier molecular flexibility index (Phi) is 6.26. The van der Waals surface area contributed by atoms with Crippen molar-refractivity contribution in [3.63, 3.8) is 0 Å². The number of carbonyl (C=O) groups is 1. The summed E-state index contributed by atoms with van der Waals surface area (Å²) in [5.74, 6) is 0.0982. The Labute approximate surface area is 154 Å².